The lowest BCUT2D eigenvalue weighted by Crippen LogP contribution is -2.00. The molecule has 0 N–H and O–H groups in total. The highest BCUT2D eigenvalue weighted by molar-refractivity contribution is 5.28. The summed E-state index contributed by atoms with van der Waals surface area (Å²) in [7, 11) is 0. The van der Waals surface area contributed by atoms with Crippen LogP contribution >= 0.6 is 0 Å². The van der Waals surface area contributed by atoms with Crippen molar-refractivity contribution in [1.82, 2.24) is 14.5 Å². The predicted octanol–water partition coefficient (Wildman–Crippen LogP) is 3.09. The van der Waals surface area contributed by atoms with Crippen LogP contribution in [0.3, 0.4) is 0 Å². The maximum absolute atomic E-state index is 4.47. The van der Waals surface area contributed by atoms with Crippen LogP contribution in [0.2, 0.25) is 0 Å². The highest BCUT2D eigenvalue weighted by Gasteiger charge is 2.05. The molecule has 84 valence electrons. The molecule has 16 heavy (non-hydrogen) atoms. The van der Waals surface area contributed by atoms with Crippen LogP contribution in [0.15, 0.2) is 30.7 Å². The van der Waals surface area contributed by atoms with Gasteiger partial charge in [0, 0.05) is 18.6 Å². The maximum atomic E-state index is 4.47. The molecule has 3 heteroatoms. The van der Waals surface area contributed by atoms with Gasteiger partial charge in [0.25, 0.3) is 0 Å². The molecule has 2 aromatic heterocycles. The Kier molecular flexibility index (Phi) is 3.04. The lowest BCUT2D eigenvalue weighted by Gasteiger charge is -2.09. The van der Waals surface area contributed by atoms with Crippen molar-refractivity contribution in [1.29, 1.82) is 0 Å². The van der Waals surface area contributed by atoms with Gasteiger partial charge in [-0.15, -0.1) is 0 Å². The third-order valence-electron chi connectivity index (χ3n) is 3.02. The molecule has 2 heterocycles. The standard InChI is InChI=1S/C13H17N3/c1-4-10(2)12-5-6-13(15-9-12)16-8-7-14-11(16)3/h5-10H,4H2,1-3H3. The lowest BCUT2D eigenvalue weighted by molar-refractivity contribution is 0.728. The van der Waals surface area contributed by atoms with Gasteiger partial charge in [-0.2, -0.15) is 0 Å². The van der Waals surface area contributed by atoms with Gasteiger partial charge in [-0.3, -0.25) is 4.57 Å². The van der Waals surface area contributed by atoms with Crippen LogP contribution in [0.5, 0.6) is 0 Å². The first-order valence-electron chi connectivity index (χ1n) is 5.68. The molecule has 3 nitrogen and oxygen atoms in total. The molecule has 0 aliphatic rings. The number of aryl methyl sites for hydroxylation is 1. The van der Waals surface area contributed by atoms with Gasteiger partial charge in [-0.05, 0) is 30.9 Å². The van der Waals surface area contributed by atoms with Gasteiger partial charge < -0.3 is 0 Å². The minimum atomic E-state index is 0.574. The molecular formula is C13H17N3. The molecule has 0 aliphatic heterocycles. The Labute approximate surface area is 96.2 Å². The summed E-state index contributed by atoms with van der Waals surface area (Å²) in [5, 5.41) is 0. The third kappa shape index (κ3) is 1.98. The first kappa shape index (κ1) is 10.9. The number of hydrogen-bond acceptors (Lipinski definition) is 2. The molecule has 0 aliphatic carbocycles. The molecule has 1 atom stereocenters. The molecule has 0 spiro atoms. The van der Waals surface area contributed by atoms with Gasteiger partial charge in [0.15, 0.2) is 0 Å². The van der Waals surface area contributed by atoms with Crippen LogP contribution in [0, 0.1) is 6.92 Å². The Hall–Kier alpha value is -1.64. The summed E-state index contributed by atoms with van der Waals surface area (Å²) in [4.78, 5) is 8.66. The molecule has 2 aromatic rings. The van der Waals surface area contributed by atoms with E-state index in [1.165, 1.54) is 5.56 Å². The molecule has 0 amide bonds. The van der Waals surface area contributed by atoms with Crippen molar-refractivity contribution in [2.75, 3.05) is 0 Å². The quantitative estimate of drug-likeness (QED) is 0.787. The van der Waals surface area contributed by atoms with E-state index >= 15 is 0 Å². The van der Waals surface area contributed by atoms with Crippen molar-refractivity contribution in [2.45, 2.75) is 33.1 Å². The minimum absolute atomic E-state index is 0.574. The van der Waals surface area contributed by atoms with Crippen molar-refractivity contribution in [2.24, 2.45) is 0 Å². The van der Waals surface area contributed by atoms with E-state index in [4.69, 9.17) is 0 Å². The lowest BCUT2D eigenvalue weighted by atomic mass is 10.0. The van der Waals surface area contributed by atoms with E-state index in [0.717, 1.165) is 18.1 Å². The second kappa shape index (κ2) is 4.47. The van der Waals surface area contributed by atoms with Crippen LogP contribution < -0.4 is 0 Å². The van der Waals surface area contributed by atoms with Crippen LogP contribution in [-0.4, -0.2) is 14.5 Å². The fraction of sp³-hybridized carbons (Fsp3) is 0.385. The fourth-order valence-corrected chi connectivity index (χ4v) is 1.69. The number of imidazole rings is 1. The zero-order valence-electron chi connectivity index (χ0n) is 10.0. The van der Waals surface area contributed by atoms with Gasteiger partial charge in [0.05, 0.1) is 0 Å². The molecule has 0 aromatic carbocycles. The largest absolute Gasteiger partial charge is 0.288 e. The average Bonchev–Trinajstić information content (AvgIpc) is 2.75. The van der Waals surface area contributed by atoms with Crippen molar-refractivity contribution in [3.05, 3.63) is 42.1 Å². The number of rotatable bonds is 3. The molecular weight excluding hydrogens is 198 g/mol. The molecule has 0 radical (unpaired) electrons. The predicted molar refractivity (Wildman–Crippen MR) is 64.8 cm³/mol. The summed E-state index contributed by atoms with van der Waals surface area (Å²) in [6.45, 7) is 6.39. The van der Waals surface area contributed by atoms with E-state index in [9.17, 15) is 0 Å². The molecule has 0 bridgehead atoms. The van der Waals surface area contributed by atoms with Crippen LogP contribution in [0.4, 0.5) is 0 Å². The maximum Gasteiger partial charge on any atom is 0.137 e. The van der Waals surface area contributed by atoms with Crippen molar-refractivity contribution >= 4 is 0 Å². The first-order valence-corrected chi connectivity index (χ1v) is 5.68. The van der Waals surface area contributed by atoms with E-state index in [2.05, 4.69) is 35.9 Å². The molecule has 1 unspecified atom stereocenters. The van der Waals surface area contributed by atoms with Gasteiger partial charge in [0.2, 0.25) is 0 Å². The van der Waals surface area contributed by atoms with Gasteiger partial charge >= 0.3 is 0 Å². The number of nitrogens with zero attached hydrogens (tertiary/aromatic N) is 3. The number of pyridine rings is 1. The summed E-state index contributed by atoms with van der Waals surface area (Å²) in [6, 6.07) is 4.20. The van der Waals surface area contributed by atoms with Crippen LogP contribution in [0.1, 0.15) is 37.6 Å². The Morgan fingerprint density at radius 3 is 2.62 bits per heavy atom. The van der Waals surface area contributed by atoms with E-state index < -0.39 is 0 Å². The number of aromatic nitrogens is 3. The normalized spacial score (nSPS) is 12.7. The highest BCUT2D eigenvalue weighted by atomic mass is 15.1. The second-order valence-electron chi connectivity index (χ2n) is 4.10. The van der Waals surface area contributed by atoms with Gasteiger partial charge in [0.1, 0.15) is 11.6 Å². The minimum Gasteiger partial charge on any atom is -0.288 e. The highest BCUT2D eigenvalue weighted by Crippen LogP contribution is 2.18. The SMILES string of the molecule is CCC(C)c1ccc(-n2ccnc2C)nc1. The Morgan fingerprint density at radius 2 is 2.12 bits per heavy atom. The van der Waals surface area contributed by atoms with Crippen LogP contribution in [-0.2, 0) is 0 Å². The summed E-state index contributed by atoms with van der Waals surface area (Å²) >= 11 is 0. The Balaban J connectivity index is 2.30. The average molecular weight is 215 g/mol. The Bertz CT molecular complexity index is 456. The third-order valence-corrected chi connectivity index (χ3v) is 3.02. The van der Waals surface area contributed by atoms with E-state index in [1.807, 2.05) is 23.9 Å². The molecule has 0 fully saturated rings. The monoisotopic (exact) mass is 215 g/mol. The van der Waals surface area contributed by atoms with Crippen molar-refractivity contribution in [3.8, 4) is 5.82 Å². The smallest absolute Gasteiger partial charge is 0.137 e. The van der Waals surface area contributed by atoms with E-state index in [-0.39, 0.29) is 0 Å². The van der Waals surface area contributed by atoms with Crippen molar-refractivity contribution < 1.29 is 0 Å². The summed E-state index contributed by atoms with van der Waals surface area (Å²) in [5.41, 5.74) is 1.30. The summed E-state index contributed by atoms with van der Waals surface area (Å²) in [5.74, 6) is 2.47. The van der Waals surface area contributed by atoms with Gasteiger partial charge in [-0.1, -0.05) is 19.9 Å². The molecule has 0 saturated carbocycles. The first-order chi connectivity index (χ1) is 7.72. The van der Waals surface area contributed by atoms with Crippen molar-refractivity contribution in [3.63, 3.8) is 0 Å². The number of hydrogen-bond donors (Lipinski definition) is 0. The van der Waals surface area contributed by atoms with E-state index in [1.54, 1.807) is 6.20 Å². The second-order valence-corrected chi connectivity index (χ2v) is 4.10. The molecule has 2 rings (SSSR count). The zero-order valence-corrected chi connectivity index (χ0v) is 10.0. The topological polar surface area (TPSA) is 30.7 Å². The Morgan fingerprint density at radius 1 is 1.31 bits per heavy atom. The zero-order chi connectivity index (χ0) is 11.5. The fourth-order valence-electron chi connectivity index (χ4n) is 1.69. The summed E-state index contributed by atoms with van der Waals surface area (Å²) in [6.07, 6.45) is 6.83. The molecule has 0 saturated heterocycles. The summed E-state index contributed by atoms with van der Waals surface area (Å²) < 4.78 is 1.99. The van der Waals surface area contributed by atoms with E-state index in [0.29, 0.717) is 5.92 Å². The van der Waals surface area contributed by atoms with Gasteiger partial charge in [-0.25, -0.2) is 9.97 Å². The van der Waals surface area contributed by atoms with Crippen LogP contribution in [0.25, 0.3) is 5.82 Å².